The molecule has 0 unspecified atom stereocenters. The number of nitrogens with two attached hydrogens (primary N) is 1. The Morgan fingerprint density at radius 3 is 2.50 bits per heavy atom. The number of aromatic nitrogens is 3. The van der Waals surface area contributed by atoms with Crippen LogP contribution in [0, 0.1) is 12.8 Å². The van der Waals surface area contributed by atoms with E-state index in [9.17, 15) is 19.2 Å². The molecule has 34 heavy (non-hydrogen) atoms. The summed E-state index contributed by atoms with van der Waals surface area (Å²) in [7, 11) is 1.27. The fourth-order valence-corrected chi connectivity index (χ4v) is 3.36. The lowest BCUT2D eigenvalue weighted by molar-refractivity contribution is -0.142. The zero-order valence-electron chi connectivity index (χ0n) is 19.7. The van der Waals surface area contributed by atoms with Gasteiger partial charge in [-0.25, -0.2) is 9.78 Å². The summed E-state index contributed by atoms with van der Waals surface area (Å²) in [6.45, 7) is 5.30. The summed E-state index contributed by atoms with van der Waals surface area (Å²) >= 11 is 0. The highest BCUT2D eigenvalue weighted by atomic mass is 16.5. The summed E-state index contributed by atoms with van der Waals surface area (Å²) < 4.78 is 12.7. The Morgan fingerprint density at radius 2 is 1.85 bits per heavy atom. The van der Waals surface area contributed by atoms with Crippen molar-refractivity contribution in [1.82, 2.24) is 14.1 Å². The summed E-state index contributed by atoms with van der Waals surface area (Å²) in [5.41, 5.74) is 6.16. The van der Waals surface area contributed by atoms with Gasteiger partial charge in [0.1, 0.15) is 11.4 Å². The Hall–Kier alpha value is -3.95. The highest BCUT2D eigenvalue weighted by Gasteiger charge is 2.23. The monoisotopic (exact) mass is 468 g/mol. The van der Waals surface area contributed by atoms with Crippen LogP contribution in [0.5, 0.6) is 0 Å². The number of ether oxygens (including phenoxy) is 1. The molecule has 0 bridgehead atoms. The van der Waals surface area contributed by atoms with Crippen molar-refractivity contribution >= 4 is 17.6 Å². The third-order valence-corrected chi connectivity index (χ3v) is 5.21. The molecule has 3 rings (SSSR count). The van der Waals surface area contributed by atoms with Crippen LogP contribution in [0.3, 0.4) is 0 Å². The van der Waals surface area contributed by atoms with Crippen LogP contribution in [0.15, 0.2) is 44.5 Å². The van der Waals surface area contributed by atoms with Gasteiger partial charge in [0.05, 0.1) is 12.6 Å². The molecule has 0 aliphatic rings. The van der Waals surface area contributed by atoms with E-state index in [4.69, 9.17) is 14.9 Å². The molecule has 180 valence electrons. The molecule has 0 saturated carbocycles. The van der Waals surface area contributed by atoms with Crippen LogP contribution in [0.4, 0.5) is 5.82 Å². The fourth-order valence-electron chi connectivity index (χ4n) is 3.36. The third-order valence-electron chi connectivity index (χ3n) is 5.21. The number of nitrogens with zero attached hydrogens (tertiary/aromatic N) is 3. The van der Waals surface area contributed by atoms with Gasteiger partial charge in [-0.05, 0) is 12.8 Å². The average Bonchev–Trinajstić information content (AvgIpc) is 3.27. The Kier molecular flexibility index (Phi) is 7.50. The average molecular weight is 469 g/mol. The van der Waals surface area contributed by atoms with E-state index in [1.54, 1.807) is 6.20 Å². The maximum Gasteiger partial charge on any atom is 0.332 e. The number of esters is 1. The first-order valence-electron chi connectivity index (χ1n) is 10.9. The Bertz CT molecular complexity index is 1310. The van der Waals surface area contributed by atoms with Crippen LogP contribution in [0.25, 0.3) is 11.3 Å². The number of aryl methyl sites for hydroxylation is 2. The highest BCUT2D eigenvalue weighted by molar-refractivity contribution is 6.01. The predicted molar refractivity (Wildman–Crippen MR) is 125 cm³/mol. The number of benzene rings is 1. The second-order valence-electron chi connectivity index (χ2n) is 8.48. The molecule has 2 aromatic heterocycles. The molecule has 1 aromatic carbocycles. The molecule has 0 spiro atoms. The number of nitrogen functional groups attached to an aromatic ring is 1. The van der Waals surface area contributed by atoms with Crippen LogP contribution < -0.4 is 17.0 Å². The SMILES string of the molecule is Cc1ccc(-c2cnc(CCC(=O)OCC(=O)c3c(N)n(CC(C)C)c(=O)n(C)c3=O)o2)cc1. The van der Waals surface area contributed by atoms with Crippen molar-refractivity contribution in [2.45, 2.75) is 40.2 Å². The van der Waals surface area contributed by atoms with Gasteiger partial charge in [-0.1, -0.05) is 43.7 Å². The molecule has 0 fully saturated rings. The molecule has 2 heterocycles. The summed E-state index contributed by atoms with van der Waals surface area (Å²) in [4.78, 5) is 53.8. The molecule has 10 nitrogen and oxygen atoms in total. The first-order valence-corrected chi connectivity index (χ1v) is 10.9. The molecule has 3 aromatic rings. The van der Waals surface area contributed by atoms with Gasteiger partial charge in [-0.3, -0.25) is 23.5 Å². The summed E-state index contributed by atoms with van der Waals surface area (Å²) in [5.74, 6) is -0.665. The van der Waals surface area contributed by atoms with Gasteiger partial charge < -0.3 is 14.9 Å². The van der Waals surface area contributed by atoms with E-state index in [1.807, 2.05) is 45.0 Å². The zero-order valence-corrected chi connectivity index (χ0v) is 19.7. The number of carbonyl (C=O) groups excluding carboxylic acids is 2. The van der Waals surface area contributed by atoms with Crippen molar-refractivity contribution in [3.63, 3.8) is 0 Å². The van der Waals surface area contributed by atoms with E-state index in [-0.39, 0.29) is 36.7 Å². The minimum Gasteiger partial charge on any atom is -0.457 e. The summed E-state index contributed by atoms with van der Waals surface area (Å²) in [6.07, 6.45) is 1.70. The number of hydrogen-bond acceptors (Lipinski definition) is 8. The van der Waals surface area contributed by atoms with Crippen molar-refractivity contribution in [3.8, 4) is 11.3 Å². The Balaban J connectivity index is 1.62. The summed E-state index contributed by atoms with van der Waals surface area (Å²) in [6, 6.07) is 7.75. The molecule has 0 amide bonds. The van der Waals surface area contributed by atoms with Crippen molar-refractivity contribution in [2.75, 3.05) is 12.3 Å². The second-order valence-corrected chi connectivity index (χ2v) is 8.48. The van der Waals surface area contributed by atoms with Gasteiger partial charge in [0, 0.05) is 25.6 Å². The number of rotatable bonds is 9. The molecular formula is C24H28N4O6. The molecule has 0 atom stereocenters. The lowest BCUT2D eigenvalue weighted by Gasteiger charge is -2.16. The van der Waals surface area contributed by atoms with Crippen molar-refractivity contribution in [3.05, 3.63) is 68.3 Å². The largest absolute Gasteiger partial charge is 0.457 e. The minimum absolute atomic E-state index is 0.0556. The standard InChI is InChI=1S/C24H28N4O6/c1-14(2)12-28-22(25)21(23(31)27(4)24(28)32)17(29)13-33-20(30)10-9-19-26-11-18(34-19)16-7-5-15(3)6-8-16/h5-8,11,14H,9-10,12-13,25H2,1-4H3. The quantitative estimate of drug-likeness (QED) is 0.372. The number of ketones is 1. The zero-order chi connectivity index (χ0) is 25.0. The van der Waals surface area contributed by atoms with Crippen LogP contribution in [-0.4, -0.2) is 32.5 Å². The van der Waals surface area contributed by atoms with E-state index in [1.165, 1.54) is 11.6 Å². The normalized spacial score (nSPS) is 11.1. The van der Waals surface area contributed by atoms with Gasteiger partial charge in [0.25, 0.3) is 5.56 Å². The minimum atomic E-state index is -0.827. The Morgan fingerprint density at radius 1 is 1.18 bits per heavy atom. The third kappa shape index (κ3) is 5.51. The molecule has 0 aliphatic heterocycles. The number of oxazole rings is 1. The van der Waals surface area contributed by atoms with E-state index < -0.39 is 29.6 Å². The van der Waals surface area contributed by atoms with E-state index in [0.717, 1.165) is 15.7 Å². The van der Waals surface area contributed by atoms with Crippen LogP contribution in [-0.2, 0) is 29.5 Å². The van der Waals surface area contributed by atoms with Crippen LogP contribution >= 0.6 is 0 Å². The van der Waals surface area contributed by atoms with E-state index >= 15 is 0 Å². The maximum atomic E-state index is 12.6. The highest BCUT2D eigenvalue weighted by Crippen LogP contribution is 2.21. The number of Topliss-reactive ketones (excluding diaryl/α,β-unsaturated/α-hetero) is 1. The van der Waals surface area contributed by atoms with Gasteiger partial charge in [-0.15, -0.1) is 0 Å². The first kappa shape index (κ1) is 24.7. The first-order chi connectivity index (χ1) is 16.1. The van der Waals surface area contributed by atoms with Crippen LogP contribution in [0.2, 0.25) is 0 Å². The van der Waals surface area contributed by atoms with Gasteiger partial charge in [-0.2, -0.15) is 0 Å². The Labute approximate surface area is 196 Å². The smallest absolute Gasteiger partial charge is 0.332 e. The van der Waals surface area contributed by atoms with Gasteiger partial charge in [0.2, 0.25) is 5.78 Å². The number of carbonyl (C=O) groups is 2. The van der Waals surface area contributed by atoms with Crippen LogP contribution in [0.1, 0.15) is 42.1 Å². The summed E-state index contributed by atoms with van der Waals surface area (Å²) in [5, 5.41) is 0. The molecule has 10 heteroatoms. The number of hydrogen-bond donors (Lipinski definition) is 1. The van der Waals surface area contributed by atoms with Crippen molar-refractivity contribution in [1.29, 1.82) is 0 Å². The lowest BCUT2D eigenvalue weighted by Crippen LogP contribution is -2.43. The lowest BCUT2D eigenvalue weighted by atomic mass is 10.1. The molecular weight excluding hydrogens is 440 g/mol. The maximum absolute atomic E-state index is 12.6. The molecule has 0 radical (unpaired) electrons. The predicted octanol–water partition coefficient (Wildman–Crippen LogP) is 2.11. The van der Waals surface area contributed by atoms with E-state index in [0.29, 0.717) is 11.7 Å². The van der Waals surface area contributed by atoms with Crippen molar-refractivity contribution in [2.24, 2.45) is 13.0 Å². The molecule has 0 aliphatic carbocycles. The van der Waals surface area contributed by atoms with E-state index in [2.05, 4.69) is 4.98 Å². The fraction of sp³-hybridized carbons (Fsp3) is 0.375. The molecule has 2 N–H and O–H groups in total. The topological polar surface area (TPSA) is 139 Å². The molecule has 0 saturated heterocycles. The van der Waals surface area contributed by atoms with Crippen molar-refractivity contribution < 1.29 is 18.7 Å². The van der Waals surface area contributed by atoms with Gasteiger partial charge >= 0.3 is 11.7 Å². The van der Waals surface area contributed by atoms with Gasteiger partial charge in [0.15, 0.2) is 18.3 Å². The second kappa shape index (κ2) is 10.3. The number of anilines is 1.